The van der Waals surface area contributed by atoms with Crippen molar-refractivity contribution in [2.75, 3.05) is 13.2 Å². The molecule has 0 fully saturated rings. The van der Waals surface area contributed by atoms with Crippen LogP contribution < -0.4 is 4.74 Å². The summed E-state index contributed by atoms with van der Waals surface area (Å²) in [5.41, 5.74) is 1.32. The number of amides is 1. The van der Waals surface area contributed by atoms with Gasteiger partial charge in [0.2, 0.25) is 5.88 Å². The van der Waals surface area contributed by atoms with Crippen molar-refractivity contribution in [3.05, 3.63) is 59.8 Å². The van der Waals surface area contributed by atoms with Crippen molar-refractivity contribution in [3.63, 3.8) is 0 Å². The summed E-state index contributed by atoms with van der Waals surface area (Å²) in [4.78, 5) is 18.5. The molecule has 5 nitrogen and oxygen atoms in total. The third kappa shape index (κ3) is 5.07. The number of hydrogen-bond donors (Lipinski definition) is 1. The summed E-state index contributed by atoms with van der Waals surface area (Å²) in [6, 6.07) is 14.8. The number of aromatic nitrogens is 1. The lowest BCUT2D eigenvalue weighted by molar-refractivity contribution is 0.0700. The molecule has 0 radical (unpaired) electrons. The van der Waals surface area contributed by atoms with Crippen molar-refractivity contribution in [1.82, 2.24) is 9.88 Å². The van der Waals surface area contributed by atoms with Gasteiger partial charge in [-0.25, -0.2) is 4.98 Å². The van der Waals surface area contributed by atoms with E-state index in [4.69, 9.17) is 4.74 Å². The molecule has 1 amide bonds. The van der Waals surface area contributed by atoms with Gasteiger partial charge < -0.3 is 14.7 Å². The van der Waals surface area contributed by atoms with Gasteiger partial charge in [0.15, 0.2) is 0 Å². The van der Waals surface area contributed by atoms with E-state index in [1.165, 1.54) is 0 Å². The number of hydrogen-bond acceptors (Lipinski definition) is 4. The predicted octanol–water partition coefficient (Wildman–Crippen LogP) is 2.50. The Bertz CT molecular complexity index is 629. The zero-order valence-electron chi connectivity index (χ0n) is 13.5. The van der Waals surface area contributed by atoms with E-state index in [9.17, 15) is 9.90 Å². The number of rotatable bonds is 7. The standard InChI is InChI=1S/C18H22N2O3/c1-14(2)23-17-10-6-9-16(19-17)18(22)20(11-12-21)13-15-7-4-3-5-8-15/h3-10,14,21H,11-13H2,1-2H3. The topological polar surface area (TPSA) is 62.7 Å². The Kier molecular flexibility index (Phi) is 6.11. The van der Waals surface area contributed by atoms with E-state index in [1.54, 1.807) is 23.1 Å². The van der Waals surface area contributed by atoms with Crippen LogP contribution in [0.4, 0.5) is 0 Å². The molecule has 0 atom stereocenters. The largest absolute Gasteiger partial charge is 0.475 e. The highest BCUT2D eigenvalue weighted by molar-refractivity contribution is 5.92. The van der Waals surface area contributed by atoms with Crippen LogP contribution in [-0.4, -0.2) is 40.2 Å². The normalized spacial score (nSPS) is 10.6. The van der Waals surface area contributed by atoms with E-state index in [0.29, 0.717) is 18.1 Å². The summed E-state index contributed by atoms with van der Waals surface area (Å²) in [6.07, 6.45) is -0.00860. The molecule has 0 aliphatic rings. The molecule has 1 heterocycles. The van der Waals surface area contributed by atoms with Gasteiger partial charge in [-0.1, -0.05) is 36.4 Å². The lowest BCUT2D eigenvalue weighted by Gasteiger charge is -2.21. The Balaban J connectivity index is 2.17. The van der Waals surface area contributed by atoms with Crippen LogP contribution in [0.2, 0.25) is 0 Å². The summed E-state index contributed by atoms with van der Waals surface area (Å²) < 4.78 is 5.53. The molecule has 2 rings (SSSR count). The van der Waals surface area contributed by atoms with E-state index in [-0.39, 0.29) is 25.2 Å². The minimum atomic E-state index is -0.225. The number of pyridine rings is 1. The van der Waals surface area contributed by atoms with Gasteiger partial charge >= 0.3 is 0 Å². The van der Waals surface area contributed by atoms with E-state index in [2.05, 4.69) is 4.98 Å². The smallest absolute Gasteiger partial charge is 0.272 e. The molecular weight excluding hydrogens is 292 g/mol. The lowest BCUT2D eigenvalue weighted by atomic mass is 10.2. The van der Waals surface area contributed by atoms with Crippen LogP contribution >= 0.6 is 0 Å². The maximum atomic E-state index is 12.7. The second kappa shape index (κ2) is 8.29. The van der Waals surface area contributed by atoms with Crippen molar-refractivity contribution >= 4 is 5.91 Å². The number of nitrogens with zero attached hydrogens (tertiary/aromatic N) is 2. The molecule has 1 aromatic heterocycles. The monoisotopic (exact) mass is 314 g/mol. The van der Waals surface area contributed by atoms with Gasteiger partial charge in [0.05, 0.1) is 12.7 Å². The average molecular weight is 314 g/mol. The predicted molar refractivity (Wildman–Crippen MR) is 88.3 cm³/mol. The fraction of sp³-hybridized carbons (Fsp3) is 0.333. The Morgan fingerprint density at radius 1 is 1.17 bits per heavy atom. The van der Waals surface area contributed by atoms with E-state index >= 15 is 0 Å². The second-order valence-electron chi connectivity index (χ2n) is 5.46. The number of carbonyl (C=O) groups excluding carboxylic acids is 1. The van der Waals surface area contributed by atoms with Crippen molar-refractivity contribution in [1.29, 1.82) is 0 Å². The van der Waals surface area contributed by atoms with Crippen LogP contribution in [0, 0.1) is 0 Å². The van der Waals surface area contributed by atoms with Gasteiger partial charge in [-0.2, -0.15) is 0 Å². The summed E-state index contributed by atoms with van der Waals surface area (Å²) in [6.45, 7) is 4.40. The zero-order valence-corrected chi connectivity index (χ0v) is 13.5. The van der Waals surface area contributed by atoms with E-state index in [0.717, 1.165) is 5.56 Å². The van der Waals surface area contributed by atoms with E-state index in [1.807, 2.05) is 44.2 Å². The summed E-state index contributed by atoms with van der Waals surface area (Å²) in [7, 11) is 0. The first-order valence-corrected chi connectivity index (χ1v) is 7.68. The average Bonchev–Trinajstić information content (AvgIpc) is 2.54. The maximum absolute atomic E-state index is 12.7. The van der Waals surface area contributed by atoms with E-state index < -0.39 is 0 Å². The summed E-state index contributed by atoms with van der Waals surface area (Å²) >= 11 is 0. The van der Waals surface area contributed by atoms with Crippen molar-refractivity contribution in [3.8, 4) is 5.88 Å². The number of aliphatic hydroxyl groups excluding tert-OH is 1. The first-order chi connectivity index (χ1) is 11.1. The first kappa shape index (κ1) is 17.0. The molecule has 0 aliphatic heterocycles. The fourth-order valence-electron chi connectivity index (χ4n) is 2.18. The van der Waals surface area contributed by atoms with Crippen molar-refractivity contribution in [2.24, 2.45) is 0 Å². The second-order valence-corrected chi connectivity index (χ2v) is 5.46. The first-order valence-electron chi connectivity index (χ1n) is 7.68. The Morgan fingerprint density at radius 2 is 1.91 bits per heavy atom. The molecule has 0 saturated carbocycles. The van der Waals surface area contributed by atoms with Gasteiger partial charge in [0.25, 0.3) is 5.91 Å². The summed E-state index contributed by atoms with van der Waals surface area (Å²) in [5.74, 6) is 0.201. The maximum Gasteiger partial charge on any atom is 0.272 e. The van der Waals surface area contributed by atoms with Gasteiger partial charge in [0.1, 0.15) is 5.69 Å². The van der Waals surface area contributed by atoms with Crippen LogP contribution in [-0.2, 0) is 6.54 Å². The molecule has 23 heavy (non-hydrogen) atoms. The fourth-order valence-corrected chi connectivity index (χ4v) is 2.18. The number of benzene rings is 1. The van der Waals surface area contributed by atoms with Crippen LogP contribution in [0.3, 0.4) is 0 Å². The minimum Gasteiger partial charge on any atom is -0.475 e. The molecule has 122 valence electrons. The third-order valence-corrected chi connectivity index (χ3v) is 3.17. The van der Waals surface area contributed by atoms with Crippen LogP contribution in [0.1, 0.15) is 29.9 Å². The van der Waals surface area contributed by atoms with Crippen LogP contribution in [0.15, 0.2) is 48.5 Å². The zero-order chi connectivity index (χ0) is 16.7. The third-order valence-electron chi connectivity index (χ3n) is 3.17. The quantitative estimate of drug-likeness (QED) is 0.853. The van der Waals surface area contributed by atoms with Crippen molar-refractivity contribution < 1.29 is 14.6 Å². The van der Waals surface area contributed by atoms with Gasteiger partial charge in [0, 0.05) is 19.2 Å². The molecule has 0 aliphatic carbocycles. The molecule has 0 spiro atoms. The number of ether oxygens (including phenoxy) is 1. The SMILES string of the molecule is CC(C)Oc1cccc(C(=O)N(CCO)Cc2ccccc2)n1. The number of carbonyl (C=O) groups is 1. The minimum absolute atomic E-state index is 0.00860. The Morgan fingerprint density at radius 3 is 2.57 bits per heavy atom. The molecule has 0 unspecified atom stereocenters. The van der Waals surface area contributed by atoms with Crippen LogP contribution in [0.25, 0.3) is 0 Å². The highest BCUT2D eigenvalue weighted by atomic mass is 16.5. The lowest BCUT2D eigenvalue weighted by Crippen LogP contribution is -2.33. The van der Waals surface area contributed by atoms with Gasteiger partial charge in [-0.15, -0.1) is 0 Å². The Hall–Kier alpha value is -2.40. The molecule has 5 heteroatoms. The highest BCUT2D eigenvalue weighted by Crippen LogP contribution is 2.13. The molecule has 1 aromatic carbocycles. The van der Waals surface area contributed by atoms with Crippen molar-refractivity contribution in [2.45, 2.75) is 26.5 Å². The van der Waals surface area contributed by atoms with Gasteiger partial charge in [-0.3, -0.25) is 4.79 Å². The van der Waals surface area contributed by atoms with Crippen LogP contribution in [0.5, 0.6) is 5.88 Å². The Labute approximate surface area is 136 Å². The summed E-state index contributed by atoms with van der Waals surface area (Å²) in [5, 5.41) is 9.25. The molecule has 0 bridgehead atoms. The van der Waals surface area contributed by atoms with Gasteiger partial charge in [-0.05, 0) is 25.5 Å². The molecule has 2 aromatic rings. The molecular formula is C18H22N2O3. The molecule has 0 saturated heterocycles. The number of aliphatic hydroxyl groups is 1. The highest BCUT2D eigenvalue weighted by Gasteiger charge is 2.17. The molecule has 1 N–H and O–H groups in total.